The van der Waals surface area contributed by atoms with E-state index in [0.29, 0.717) is 0 Å². The zero-order valence-electron chi connectivity index (χ0n) is 11.1. The lowest BCUT2D eigenvalue weighted by Crippen LogP contribution is -2.29. The van der Waals surface area contributed by atoms with E-state index in [4.69, 9.17) is 4.99 Å². The predicted molar refractivity (Wildman–Crippen MR) is 90.7 cm³/mol. The van der Waals surface area contributed by atoms with Gasteiger partial charge in [-0.1, -0.05) is 24.8 Å². The molecule has 1 atom stereocenters. The first-order valence-electron chi connectivity index (χ1n) is 6.29. The minimum absolute atomic E-state index is 0.115. The standard InChI is InChI=1S/C14H19IN2S/c1-4-14(3)8-9-18-13(17-14)16-12-7-5-6-11(15)10(12)2/h5-7H,4,8-9H2,1-3H3,(H,16,17). The molecule has 1 aliphatic heterocycles. The number of benzene rings is 1. The van der Waals surface area contributed by atoms with Gasteiger partial charge in [0, 0.05) is 15.0 Å². The first-order valence-corrected chi connectivity index (χ1v) is 8.35. The fourth-order valence-corrected chi connectivity index (χ4v) is 3.58. The van der Waals surface area contributed by atoms with Gasteiger partial charge < -0.3 is 5.32 Å². The van der Waals surface area contributed by atoms with E-state index in [-0.39, 0.29) is 5.54 Å². The van der Waals surface area contributed by atoms with Crippen molar-refractivity contribution in [1.82, 2.24) is 0 Å². The Kier molecular flexibility index (Phi) is 4.59. The Bertz CT molecular complexity index is 473. The molecule has 0 saturated heterocycles. The summed E-state index contributed by atoms with van der Waals surface area (Å²) in [6, 6.07) is 6.34. The Labute approximate surface area is 127 Å². The van der Waals surface area contributed by atoms with E-state index in [1.165, 1.54) is 21.2 Å². The summed E-state index contributed by atoms with van der Waals surface area (Å²) < 4.78 is 1.29. The zero-order valence-corrected chi connectivity index (χ0v) is 14.1. The van der Waals surface area contributed by atoms with Gasteiger partial charge in [-0.3, -0.25) is 4.99 Å². The SMILES string of the molecule is CCC1(C)CCSC(Nc2cccc(I)c2C)=N1. The maximum absolute atomic E-state index is 4.86. The van der Waals surface area contributed by atoms with E-state index >= 15 is 0 Å². The molecule has 1 aromatic carbocycles. The molecule has 1 N–H and O–H groups in total. The number of halogens is 1. The third kappa shape index (κ3) is 3.20. The van der Waals surface area contributed by atoms with Crippen molar-refractivity contribution < 1.29 is 0 Å². The van der Waals surface area contributed by atoms with Crippen molar-refractivity contribution in [3.05, 3.63) is 27.3 Å². The smallest absolute Gasteiger partial charge is 0.161 e. The van der Waals surface area contributed by atoms with Gasteiger partial charge in [-0.05, 0) is 67.0 Å². The molecule has 0 radical (unpaired) electrons. The molecule has 0 aromatic heterocycles. The van der Waals surface area contributed by atoms with Gasteiger partial charge in [0.15, 0.2) is 5.17 Å². The first-order chi connectivity index (χ1) is 8.54. The molecular formula is C14H19IN2S. The Hall–Kier alpha value is -0.230. The summed E-state index contributed by atoms with van der Waals surface area (Å²) in [6.07, 6.45) is 2.27. The average molecular weight is 374 g/mol. The van der Waals surface area contributed by atoms with E-state index in [2.05, 4.69) is 66.9 Å². The number of nitrogens with one attached hydrogen (secondary N) is 1. The van der Waals surface area contributed by atoms with Gasteiger partial charge in [0.05, 0.1) is 5.54 Å². The molecule has 18 heavy (non-hydrogen) atoms. The number of aliphatic imine (C=N–C) groups is 1. The molecule has 1 aliphatic rings. The normalized spacial score (nSPS) is 23.7. The van der Waals surface area contributed by atoms with Gasteiger partial charge in [-0.25, -0.2) is 0 Å². The third-order valence-electron chi connectivity index (χ3n) is 3.52. The van der Waals surface area contributed by atoms with Crippen molar-refractivity contribution in [3.63, 3.8) is 0 Å². The number of rotatable bonds is 2. The van der Waals surface area contributed by atoms with Gasteiger partial charge in [0.1, 0.15) is 0 Å². The van der Waals surface area contributed by atoms with Crippen LogP contribution in [-0.4, -0.2) is 16.5 Å². The number of anilines is 1. The monoisotopic (exact) mass is 374 g/mol. The van der Waals surface area contributed by atoms with Gasteiger partial charge in [-0.2, -0.15) is 0 Å². The molecule has 98 valence electrons. The second-order valence-electron chi connectivity index (χ2n) is 4.90. The lowest BCUT2D eigenvalue weighted by Gasteiger charge is -2.29. The maximum atomic E-state index is 4.86. The molecular weight excluding hydrogens is 355 g/mol. The van der Waals surface area contributed by atoms with Crippen LogP contribution in [0, 0.1) is 10.5 Å². The highest BCUT2D eigenvalue weighted by Crippen LogP contribution is 2.30. The van der Waals surface area contributed by atoms with Crippen LogP contribution in [-0.2, 0) is 0 Å². The third-order valence-corrected chi connectivity index (χ3v) is 5.57. The van der Waals surface area contributed by atoms with E-state index in [1.54, 1.807) is 0 Å². The maximum Gasteiger partial charge on any atom is 0.161 e. The van der Waals surface area contributed by atoms with Crippen LogP contribution in [0.5, 0.6) is 0 Å². The summed E-state index contributed by atoms with van der Waals surface area (Å²) in [7, 11) is 0. The quantitative estimate of drug-likeness (QED) is 0.761. The average Bonchev–Trinajstić information content (AvgIpc) is 2.35. The topological polar surface area (TPSA) is 24.4 Å². The zero-order chi connectivity index (χ0) is 13.2. The van der Waals surface area contributed by atoms with Crippen LogP contribution < -0.4 is 5.32 Å². The number of hydrogen-bond donors (Lipinski definition) is 1. The summed E-state index contributed by atoms with van der Waals surface area (Å²) in [5, 5.41) is 4.55. The molecule has 0 spiro atoms. The minimum Gasteiger partial charge on any atom is -0.335 e. The molecule has 2 nitrogen and oxygen atoms in total. The van der Waals surface area contributed by atoms with Crippen molar-refractivity contribution in [3.8, 4) is 0 Å². The second kappa shape index (κ2) is 5.82. The van der Waals surface area contributed by atoms with E-state index in [9.17, 15) is 0 Å². The van der Waals surface area contributed by atoms with Crippen molar-refractivity contribution in [1.29, 1.82) is 0 Å². The lowest BCUT2D eigenvalue weighted by atomic mass is 9.97. The molecule has 0 saturated carbocycles. The van der Waals surface area contributed by atoms with Gasteiger partial charge in [0.2, 0.25) is 0 Å². The van der Waals surface area contributed by atoms with Gasteiger partial charge in [-0.15, -0.1) is 0 Å². The van der Waals surface area contributed by atoms with E-state index in [1.807, 2.05) is 11.8 Å². The van der Waals surface area contributed by atoms with Crippen LogP contribution in [0.25, 0.3) is 0 Å². The van der Waals surface area contributed by atoms with Crippen molar-refractivity contribution in [2.45, 2.75) is 39.2 Å². The van der Waals surface area contributed by atoms with Crippen LogP contribution in [0.4, 0.5) is 5.69 Å². The fourth-order valence-electron chi connectivity index (χ4n) is 1.88. The van der Waals surface area contributed by atoms with Crippen molar-refractivity contribution in [2.24, 2.45) is 4.99 Å². The Morgan fingerprint density at radius 2 is 2.28 bits per heavy atom. The van der Waals surface area contributed by atoms with E-state index < -0.39 is 0 Å². The van der Waals surface area contributed by atoms with Gasteiger partial charge in [0.25, 0.3) is 0 Å². The first kappa shape index (κ1) is 14.2. The molecule has 1 unspecified atom stereocenters. The Morgan fingerprint density at radius 1 is 1.50 bits per heavy atom. The number of thioether (sulfide) groups is 1. The number of hydrogen-bond acceptors (Lipinski definition) is 3. The van der Waals surface area contributed by atoms with Crippen LogP contribution >= 0.6 is 34.4 Å². The molecule has 1 heterocycles. The van der Waals surface area contributed by atoms with Crippen LogP contribution in [0.3, 0.4) is 0 Å². The molecule has 4 heteroatoms. The highest BCUT2D eigenvalue weighted by Gasteiger charge is 2.26. The summed E-state index contributed by atoms with van der Waals surface area (Å²) in [5.74, 6) is 1.15. The number of nitrogens with zero attached hydrogens (tertiary/aromatic N) is 1. The summed E-state index contributed by atoms with van der Waals surface area (Å²) in [6.45, 7) is 6.61. The molecule has 0 bridgehead atoms. The predicted octanol–water partition coefficient (Wildman–Crippen LogP) is 4.67. The Morgan fingerprint density at radius 3 is 3.00 bits per heavy atom. The lowest BCUT2D eigenvalue weighted by molar-refractivity contribution is 0.443. The van der Waals surface area contributed by atoms with Crippen LogP contribution in [0.2, 0.25) is 0 Å². The Balaban J connectivity index is 2.21. The fraction of sp³-hybridized carbons (Fsp3) is 0.500. The van der Waals surface area contributed by atoms with Crippen LogP contribution in [0.15, 0.2) is 23.2 Å². The summed E-state index contributed by atoms with van der Waals surface area (Å²) in [5.41, 5.74) is 2.59. The summed E-state index contributed by atoms with van der Waals surface area (Å²) >= 11 is 4.20. The molecule has 0 amide bonds. The van der Waals surface area contributed by atoms with Crippen molar-refractivity contribution >= 4 is 45.2 Å². The minimum atomic E-state index is 0.115. The molecule has 2 rings (SSSR count). The largest absolute Gasteiger partial charge is 0.335 e. The number of amidine groups is 1. The summed E-state index contributed by atoms with van der Waals surface area (Å²) in [4.78, 5) is 4.86. The molecule has 0 aliphatic carbocycles. The van der Waals surface area contributed by atoms with Crippen LogP contribution in [0.1, 0.15) is 32.3 Å². The van der Waals surface area contributed by atoms with Crippen molar-refractivity contribution in [2.75, 3.05) is 11.1 Å². The molecule has 0 fully saturated rings. The van der Waals surface area contributed by atoms with Gasteiger partial charge >= 0.3 is 0 Å². The molecule has 1 aromatic rings. The highest BCUT2D eigenvalue weighted by atomic mass is 127. The second-order valence-corrected chi connectivity index (χ2v) is 7.15. The van der Waals surface area contributed by atoms with E-state index in [0.717, 1.165) is 17.3 Å². The highest BCUT2D eigenvalue weighted by molar-refractivity contribution is 14.1.